The molecular weight excluding hydrogens is 180 g/mol. The van der Waals surface area contributed by atoms with Crippen LogP contribution in [0.5, 0.6) is 0 Å². The standard InChI is InChI=1S/C10H18N2S/c1-3-7-11-10(13-4-2)12-8-5-6-9-12/h3H,1,4-9H2,2H3/p+1. The smallest absolute Gasteiger partial charge is 0.265 e. The van der Waals surface area contributed by atoms with E-state index in [1.807, 2.05) is 17.8 Å². The molecule has 0 bridgehead atoms. The highest BCUT2D eigenvalue weighted by Gasteiger charge is 2.16. The minimum atomic E-state index is 0.874. The summed E-state index contributed by atoms with van der Waals surface area (Å²) < 4.78 is 2.44. The summed E-state index contributed by atoms with van der Waals surface area (Å²) in [5, 5.41) is 4.73. The minimum Gasteiger partial charge on any atom is -0.265 e. The average molecular weight is 199 g/mol. The lowest BCUT2D eigenvalue weighted by atomic mass is 10.4. The number of hydrogen-bond donors (Lipinski definition) is 1. The van der Waals surface area contributed by atoms with Crippen LogP contribution in [0.2, 0.25) is 0 Å². The van der Waals surface area contributed by atoms with Gasteiger partial charge in [-0.3, -0.25) is 9.89 Å². The summed E-state index contributed by atoms with van der Waals surface area (Å²) in [6.07, 6.45) is 4.58. The van der Waals surface area contributed by atoms with Gasteiger partial charge in [0, 0.05) is 5.75 Å². The van der Waals surface area contributed by atoms with Gasteiger partial charge in [-0.25, -0.2) is 0 Å². The Morgan fingerprint density at radius 2 is 2.23 bits per heavy atom. The number of nitrogens with zero attached hydrogens (tertiary/aromatic N) is 1. The third kappa shape index (κ3) is 3.43. The Kier molecular flexibility index (Phi) is 4.98. The summed E-state index contributed by atoms with van der Waals surface area (Å²) in [6, 6.07) is 0. The van der Waals surface area contributed by atoms with Crippen molar-refractivity contribution >= 4 is 16.9 Å². The van der Waals surface area contributed by atoms with Gasteiger partial charge in [0.2, 0.25) is 0 Å². The molecule has 3 heteroatoms. The Morgan fingerprint density at radius 3 is 2.77 bits per heavy atom. The van der Waals surface area contributed by atoms with E-state index >= 15 is 0 Å². The second-order valence-electron chi connectivity index (χ2n) is 3.10. The molecule has 0 spiro atoms. The molecule has 1 heterocycles. The molecule has 1 aliphatic heterocycles. The predicted octanol–water partition coefficient (Wildman–Crippen LogP) is 1.68. The molecule has 0 aliphatic carbocycles. The highest BCUT2D eigenvalue weighted by molar-refractivity contribution is 8.13. The first-order chi connectivity index (χ1) is 6.38. The summed E-state index contributed by atoms with van der Waals surface area (Å²) in [7, 11) is 0. The molecule has 1 aliphatic rings. The molecule has 0 aromatic heterocycles. The van der Waals surface area contributed by atoms with Crippen LogP contribution in [0, 0.1) is 0 Å². The molecule has 1 saturated heterocycles. The zero-order valence-corrected chi connectivity index (χ0v) is 9.20. The van der Waals surface area contributed by atoms with Gasteiger partial charge in [-0.2, -0.15) is 0 Å². The Bertz CT molecular complexity index is 191. The van der Waals surface area contributed by atoms with Crippen LogP contribution in [0.3, 0.4) is 0 Å². The van der Waals surface area contributed by atoms with E-state index in [2.05, 4.69) is 23.4 Å². The van der Waals surface area contributed by atoms with E-state index in [0.29, 0.717) is 0 Å². The van der Waals surface area contributed by atoms with Gasteiger partial charge in [0.1, 0.15) is 6.54 Å². The topological polar surface area (TPSA) is 15.0 Å². The van der Waals surface area contributed by atoms with Gasteiger partial charge in [0.05, 0.1) is 13.1 Å². The number of nitrogens with one attached hydrogen (secondary N) is 1. The number of rotatable bonds is 3. The van der Waals surface area contributed by atoms with Crippen LogP contribution in [-0.2, 0) is 0 Å². The van der Waals surface area contributed by atoms with Crippen LogP contribution >= 0.6 is 11.8 Å². The summed E-state index contributed by atoms with van der Waals surface area (Å²) in [6.45, 7) is 9.21. The lowest BCUT2D eigenvalue weighted by Gasteiger charge is -2.04. The molecule has 0 aromatic rings. The first-order valence-corrected chi connectivity index (χ1v) is 5.96. The molecule has 1 fully saturated rings. The van der Waals surface area contributed by atoms with Crippen molar-refractivity contribution in [3.8, 4) is 0 Å². The van der Waals surface area contributed by atoms with Crippen molar-refractivity contribution in [3.05, 3.63) is 12.7 Å². The molecule has 1 N–H and O–H groups in total. The lowest BCUT2D eigenvalue weighted by Crippen LogP contribution is -2.30. The maximum Gasteiger partial charge on any atom is 0.306 e. The van der Waals surface area contributed by atoms with E-state index in [1.54, 1.807) is 0 Å². The lowest BCUT2D eigenvalue weighted by molar-refractivity contribution is -0.505. The first-order valence-electron chi connectivity index (χ1n) is 4.98. The molecule has 74 valence electrons. The van der Waals surface area contributed by atoms with Crippen molar-refractivity contribution in [1.82, 2.24) is 5.32 Å². The minimum absolute atomic E-state index is 0.874. The van der Waals surface area contributed by atoms with Crippen molar-refractivity contribution < 1.29 is 4.58 Å². The maximum absolute atomic E-state index is 3.72. The van der Waals surface area contributed by atoms with E-state index in [-0.39, 0.29) is 0 Å². The van der Waals surface area contributed by atoms with Crippen LogP contribution in [0.25, 0.3) is 0 Å². The van der Waals surface area contributed by atoms with Crippen LogP contribution in [0.4, 0.5) is 0 Å². The van der Waals surface area contributed by atoms with Crippen LogP contribution in [0.15, 0.2) is 12.7 Å². The fourth-order valence-corrected chi connectivity index (χ4v) is 2.29. The van der Waals surface area contributed by atoms with Gasteiger partial charge in [-0.15, -0.1) is 0 Å². The normalized spacial score (nSPS) is 15.9. The van der Waals surface area contributed by atoms with E-state index < -0.39 is 0 Å². The molecule has 0 atom stereocenters. The average Bonchev–Trinajstić information content (AvgIpc) is 2.65. The molecule has 0 unspecified atom stereocenters. The molecular formula is C10H19N2S+. The van der Waals surface area contributed by atoms with Crippen molar-refractivity contribution in [3.63, 3.8) is 0 Å². The Hall–Kier alpha value is -0.440. The fraction of sp³-hybridized carbons (Fsp3) is 0.700. The molecule has 0 amide bonds. The first kappa shape index (κ1) is 10.6. The van der Waals surface area contributed by atoms with Crippen molar-refractivity contribution in [2.24, 2.45) is 0 Å². The Labute approximate surface area is 85.1 Å². The quantitative estimate of drug-likeness (QED) is 0.422. The molecule has 13 heavy (non-hydrogen) atoms. The van der Waals surface area contributed by atoms with E-state index in [0.717, 1.165) is 12.3 Å². The van der Waals surface area contributed by atoms with Crippen molar-refractivity contribution in [2.45, 2.75) is 19.8 Å². The molecule has 0 radical (unpaired) electrons. The zero-order valence-electron chi connectivity index (χ0n) is 8.38. The molecule has 0 aromatic carbocycles. The van der Waals surface area contributed by atoms with Crippen molar-refractivity contribution in [1.29, 1.82) is 0 Å². The van der Waals surface area contributed by atoms with Crippen molar-refractivity contribution in [2.75, 3.05) is 25.4 Å². The number of thioether (sulfide) groups is 1. The van der Waals surface area contributed by atoms with Gasteiger partial charge in [0.15, 0.2) is 0 Å². The van der Waals surface area contributed by atoms with Gasteiger partial charge in [-0.1, -0.05) is 19.6 Å². The zero-order chi connectivity index (χ0) is 9.52. The molecule has 1 rings (SSSR count). The Morgan fingerprint density at radius 1 is 1.54 bits per heavy atom. The fourth-order valence-electron chi connectivity index (χ4n) is 1.47. The largest absolute Gasteiger partial charge is 0.306 e. The second-order valence-corrected chi connectivity index (χ2v) is 4.35. The van der Waals surface area contributed by atoms with E-state index in [9.17, 15) is 0 Å². The summed E-state index contributed by atoms with van der Waals surface area (Å²) in [4.78, 5) is 0. The third-order valence-electron chi connectivity index (χ3n) is 2.07. The molecule has 0 saturated carbocycles. The monoisotopic (exact) mass is 199 g/mol. The SMILES string of the molecule is C=CCNC(SCC)=[N+]1CCCC1. The van der Waals surface area contributed by atoms with Crippen LogP contribution in [0.1, 0.15) is 19.8 Å². The number of amidine groups is 1. The van der Waals surface area contributed by atoms with Gasteiger partial charge < -0.3 is 0 Å². The molecule has 2 nitrogen and oxygen atoms in total. The Balaban J connectivity index is 2.53. The predicted molar refractivity (Wildman–Crippen MR) is 60.6 cm³/mol. The second kappa shape index (κ2) is 6.08. The highest BCUT2D eigenvalue weighted by Crippen LogP contribution is 2.07. The van der Waals surface area contributed by atoms with Gasteiger partial charge >= 0.3 is 5.17 Å². The summed E-state index contributed by atoms with van der Waals surface area (Å²) in [5.74, 6) is 1.13. The van der Waals surface area contributed by atoms with Crippen LogP contribution < -0.4 is 5.32 Å². The van der Waals surface area contributed by atoms with E-state index in [1.165, 1.54) is 31.1 Å². The number of hydrogen-bond acceptors (Lipinski definition) is 1. The van der Waals surface area contributed by atoms with E-state index in [4.69, 9.17) is 0 Å². The third-order valence-corrected chi connectivity index (χ3v) is 3.04. The van der Waals surface area contributed by atoms with Gasteiger partial charge in [0.25, 0.3) is 0 Å². The summed E-state index contributed by atoms with van der Waals surface area (Å²) >= 11 is 1.90. The van der Waals surface area contributed by atoms with Crippen LogP contribution in [-0.4, -0.2) is 35.1 Å². The maximum atomic E-state index is 3.72. The van der Waals surface area contributed by atoms with Gasteiger partial charge in [-0.05, 0) is 24.6 Å². The summed E-state index contributed by atoms with van der Waals surface area (Å²) in [5.41, 5.74) is 0. The highest BCUT2D eigenvalue weighted by atomic mass is 32.2.